The summed E-state index contributed by atoms with van der Waals surface area (Å²) in [5.41, 5.74) is -0.795. The van der Waals surface area contributed by atoms with Crippen LogP contribution >= 0.6 is 11.6 Å². The second kappa shape index (κ2) is 10.6. The third kappa shape index (κ3) is 5.61. The van der Waals surface area contributed by atoms with Crippen molar-refractivity contribution in [2.75, 3.05) is 0 Å². The van der Waals surface area contributed by atoms with Crippen molar-refractivity contribution in [2.24, 2.45) is 17.8 Å². The summed E-state index contributed by atoms with van der Waals surface area (Å²) in [5, 5.41) is -4.18. The summed E-state index contributed by atoms with van der Waals surface area (Å²) in [7, 11) is 0. The number of hydrogen-bond acceptors (Lipinski definition) is 0. The first-order chi connectivity index (χ1) is 16.2. The molecule has 0 spiro atoms. The van der Waals surface area contributed by atoms with Crippen LogP contribution in [0.3, 0.4) is 0 Å². The Balaban J connectivity index is 1.41. The van der Waals surface area contributed by atoms with Crippen LogP contribution in [0.5, 0.6) is 0 Å². The predicted octanol–water partition coefficient (Wildman–Crippen LogP) is 9.94. The van der Waals surface area contributed by atoms with Gasteiger partial charge >= 0.3 is 5.38 Å². The molecule has 0 unspecified atom stereocenters. The number of rotatable bonds is 6. The van der Waals surface area contributed by atoms with Crippen molar-refractivity contribution >= 4 is 11.6 Å². The molecule has 0 radical (unpaired) electrons. The van der Waals surface area contributed by atoms with Gasteiger partial charge in [0.15, 0.2) is 0 Å². The van der Waals surface area contributed by atoms with Crippen LogP contribution in [0.1, 0.15) is 88.2 Å². The fourth-order valence-corrected chi connectivity index (χ4v) is 6.48. The van der Waals surface area contributed by atoms with Gasteiger partial charge in [0, 0.05) is 5.56 Å². The lowest BCUT2D eigenvalue weighted by molar-refractivity contribution is 0.0859. The Labute approximate surface area is 203 Å². The molecule has 2 fully saturated rings. The van der Waals surface area contributed by atoms with Crippen LogP contribution in [0.2, 0.25) is 0 Å². The van der Waals surface area contributed by atoms with E-state index < -0.39 is 28.4 Å². The molecule has 0 aliphatic heterocycles. The Hall–Kier alpha value is -1.62. The van der Waals surface area contributed by atoms with Gasteiger partial charge in [0.1, 0.15) is 23.0 Å². The van der Waals surface area contributed by atoms with Crippen molar-refractivity contribution in [1.29, 1.82) is 0 Å². The molecule has 0 aromatic heterocycles. The maximum absolute atomic E-state index is 14.9. The van der Waals surface area contributed by atoms with E-state index in [4.69, 9.17) is 11.6 Å². The van der Waals surface area contributed by atoms with Gasteiger partial charge in [0.2, 0.25) is 0 Å². The molecule has 2 aliphatic carbocycles. The molecule has 0 atom stereocenters. The maximum Gasteiger partial charge on any atom is 0.353 e. The zero-order valence-corrected chi connectivity index (χ0v) is 20.3. The molecule has 2 saturated carbocycles. The average Bonchev–Trinajstić information content (AvgIpc) is 2.78. The molecule has 6 heteroatoms. The Morgan fingerprint density at radius 1 is 0.794 bits per heavy atom. The number of hydrogen-bond donors (Lipinski definition) is 0. The van der Waals surface area contributed by atoms with E-state index in [0.29, 0.717) is 12.1 Å². The van der Waals surface area contributed by atoms with Crippen molar-refractivity contribution in [3.05, 3.63) is 58.9 Å². The summed E-state index contributed by atoms with van der Waals surface area (Å²) in [4.78, 5) is 0. The molecule has 186 valence electrons. The van der Waals surface area contributed by atoms with Gasteiger partial charge in [0.25, 0.3) is 0 Å². The summed E-state index contributed by atoms with van der Waals surface area (Å²) >= 11 is 4.80. The lowest BCUT2D eigenvalue weighted by atomic mass is 9.68. The molecule has 0 saturated heterocycles. The molecule has 2 aromatic carbocycles. The third-order valence-corrected chi connectivity index (χ3v) is 8.32. The van der Waals surface area contributed by atoms with Gasteiger partial charge < -0.3 is 0 Å². The Kier molecular flexibility index (Phi) is 7.91. The predicted molar refractivity (Wildman–Crippen MR) is 127 cm³/mol. The van der Waals surface area contributed by atoms with Gasteiger partial charge in [-0.05, 0) is 103 Å². The lowest BCUT2D eigenvalue weighted by Gasteiger charge is -2.38. The quantitative estimate of drug-likeness (QED) is 0.274. The molecule has 2 aromatic rings. The first-order valence-corrected chi connectivity index (χ1v) is 12.9. The Morgan fingerprint density at radius 2 is 1.35 bits per heavy atom. The smallest absolute Gasteiger partial charge is 0.206 e. The standard InChI is InChI=1S/C28H32ClF5/c1-2-3-17-4-6-18(7-5-17)19-8-10-20(11-9-19)21-12-13-23(24(30)14-21)22-15-25(31)27(26(32)16-22)28(29,33)34/h12-20H,2-11H2,1H3. The van der Waals surface area contributed by atoms with E-state index in [1.807, 2.05) is 0 Å². The molecule has 0 heterocycles. The minimum atomic E-state index is -4.18. The van der Waals surface area contributed by atoms with E-state index in [1.165, 1.54) is 50.7 Å². The van der Waals surface area contributed by atoms with Gasteiger partial charge in [0.05, 0.1) is 0 Å². The summed E-state index contributed by atoms with van der Waals surface area (Å²) in [6, 6.07) is 6.11. The molecule has 4 rings (SSSR count). The normalized spacial score (nSPS) is 26.0. The topological polar surface area (TPSA) is 0 Å². The van der Waals surface area contributed by atoms with Crippen LogP contribution in [-0.4, -0.2) is 0 Å². The van der Waals surface area contributed by atoms with E-state index in [0.717, 1.165) is 49.0 Å². The molecular formula is C28H32ClF5. The monoisotopic (exact) mass is 498 g/mol. The van der Waals surface area contributed by atoms with Crippen LogP contribution in [-0.2, 0) is 5.38 Å². The minimum Gasteiger partial charge on any atom is -0.206 e. The summed E-state index contributed by atoms with van der Waals surface area (Å²) in [6.45, 7) is 2.26. The van der Waals surface area contributed by atoms with E-state index in [9.17, 15) is 22.0 Å². The molecule has 0 amide bonds. The van der Waals surface area contributed by atoms with Gasteiger partial charge in [-0.3, -0.25) is 0 Å². The zero-order chi connectivity index (χ0) is 24.5. The summed E-state index contributed by atoms with van der Waals surface area (Å²) < 4.78 is 69.7. The van der Waals surface area contributed by atoms with Gasteiger partial charge in [-0.2, -0.15) is 8.78 Å². The molecular weight excluding hydrogens is 467 g/mol. The largest absolute Gasteiger partial charge is 0.353 e. The first kappa shape index (κ1) is 25.5. The molecule has 0 N–H and O–H groups in total. The fraction of sp³-hybridized carbons (Fsp3) is 0.571. The van der Waals surface area contributed by atoms with E-state index in [-0.39, 0.29) is 17.0 Å². The SMILES string of the molecule is CCCC1CCC(C2CCC(c3ccc(-c4cc(F)c(C(F)(F)Cl)c(F)c4)c(F)c3)CC2)CC1. The van der Waals surface area contributed by atoms with E-state index >= 15 is 0 Å². The maximum atomic E-state index is 14.9. The van der Waals surface area contributed by atoms with Gasteiger partial charge in [-0.15, -0.1) is 0 Å². The molecule has 34 heavy (non-hydrogen) atoms. The summed E-state index contributed by atoms with van der Waals surface area (Å²) in [5.74, 6) is -0.862. The van der Waals surface area contributed by atoms with Crippen molar-refractivity contribution in [3.8, 4) is 11.1 Å². The molecule has 2 aliphatic rings. The van der Waals surface area contributed by atoms with Crippen molar-refractivity contribution in [2.45, 2.75) is 82.4 Å². The zero-order valence-electron chi connectivity index (χ0n) is 19.5. The van der Waals surface area contributed by atoms with E-state index in [2.05, 4.69) is 6.92 Å². The van der Waals surface area contributed by atoms with E-state index in [1.54, 1.807) is 6.07 Å². The second-order valence-corrected chi connectivity index (χ2v) is 10.7. The van der Waals surface area contributed by atoms with Crippen molar-refractivity contribution in [1.82, 2.24) is 0 Å². The van der Waals surface area contributed by atoms with Crippen LogP contribution in [0.4, 0.5) is 22.0 Å². The fourth-order valence-electron chi connectivity index (χ4n) is 6.30. The molecule has 0 bridgehead atoms. The van der Waals surface area contributed by atoms with Crippen molar-refractivity contribution < 1.29 is 22.0 Å². The number of halogens is 6. The highest BCUT2D eigenvalue weighted by atomic mass is 35.5. The second-order valence-electron chi connectivity index (χ2n) is 10.2. The molecule has 0 nitrogen and oxygen atoms in total. The number of benzene rings is 2. The lowest BCUT2D eigenvalue weighted by Crippen LogP contribution is -2.25. The third-order valence-electron chi connectivity index (χ3n) is 8.13. The highest BCUT2D eigenvalue weighted by Gasteiger charge is 2.36. The first-order valence-electron chi connectivity index (χ1n) is 12.5. The van der Waals surface area contributed by atoms with Crippen LogP contribution in [0, 0.1) is 35.2 Å². The minimum absolute atomic E-state index is 0.0245. The van der Waals surface area contributed by atoms with Gasteiger partial charge in [-0.1, -0.05) is 44.7 Å². The van der Waals surface area contributed by atoms with Crippen LogP contribution in [0.25, 0.3) is 11.1 Å². The van der Waals surface area contributed by atoms with Crippen LogP contribution in [0.15, 0.2) is 30.3 Å². The van der Waals surface area contributed by atoms with Gasteiger partial charge in [-0.25, -0.2) is 13.2 Å². The Bertz CT molecular complexity index is 960. The summed E-state index contributed by atoms with van der Waals surface area (Å²) in [6.07, 6.45) is 12.4. The average molecular weight is 499 g/mol. The highest BCUT2D eigenvalue weighted by molar-refractivity contribution is 6.21. The number of alkyl halides is 3. The van der Waals surface area contributed by atoms with Crippen molar-refractivity contribution in [3.63, 3.8) is 0 Å². The van der Waals surface area contributed by atoms with Crippen LogP contribution < -0.4 is 0 Å². The highest BCUT2D eigenvalue weighted by Crippen LogP contribution is 2.45. The Morgan fingerprint density at radius 3 is 1.85 bits per heavy atom.